The van der Waals surface area contributed by atoms with E-state index in [-0.39, 0.29) is 11.5 Å². The summed E-state index contributed by atoms with van der Waals surface area (Å²) in [5.74, 6) is 0.257. The van der Waals surface area contributed by atoms with Crippen LogP contribution in [0.2, 0.25) is 0 Å². The molecule has 3 aromatic rings. The van der Waals surface area contributed by atoms with Gasteiger partial charge >= 0.3 is 5.69 Å². The van der Waals surface area contributed by atoms with E-state index in [1.54, 1.807) is 0 Å². The van der Waals surface area contributed by atoms with Crippen LogP contribution in [0, 0.1) is 13.8 Å². The minimum Gasteiger partial charge on any atom is -0.387 e. The van der Waals surface area contributed by atoms with Crippen molar-refractivity contribution < 1.29 is 5.11 Å². The summed E-state index contributed by atoms with van der Waals surface area (Å²) in [5.41, 5.74) is 4.47. The standard InChI is InChI=1S/C29H29N5O3/c1-19-15-23-24(16-20(19)2)34(27-26(30-23)28(36)32-29(37)31-27)14-13-33(17-21-9-5-3-6-10-21)18-25(35)22-11-7-4-8-12-22/h3-12,15-16,25,35H,13-14,17-18H2,1-2H3,(H,32,36,37)/t25-/m0/s1. The SMILES string of the molecule is Cc1cc2nc3c(=O)[nH]c(=O)nc-3n(CCN(Cc3ccccc3)C[C@H](O)c3ccccc3)c2cc1C. The Morgan fingerprint density at radius 3 is 2.35 bits per heavy atom. The molecule has 0 amide bonds. The molecule has 0 bridgehead atoms. The summed E-state index contributed by atoms with van der Waals surface area (Å²) in [5, 5.41) is 11.0. The van der Waals surface area contributed by atoms with Crippen molar-refractivity contribution in [3.8, 4) is 11.5 Å². The van der Waals surface area contributed by atoms with Crippen molar-refractivity contribution in [1.29, 1.82) is 0 Å². The number of aryl methyl sites for hydroxylation is 2. The van der Waals surface area contributed by atoms with Gasteiger partial charge in [0.05, 0.1) is 17.1 Å². The largest absolute Gasteiger partial charge is 0.387 e. The van der Waals surface area contributed by atoms with E-state index in [4.69, 9.17) is 0 Å². The lowest BCUT2D eigenvalue weighted by molar-refractivity contribution is 0.107. The van der Waals surface area contributed by atoms with Crippen molar-refractivity contribution in [2.45, 2.75) is 33.0 Å². The zero-order chi connectivity index (χ0) is 25.9. The molecule has 2 aliphatic rings. The molecule has 2 heterocycles. The Hall–Kier alpha value is -4.14. The number of aromatic nitrogens is 4. The summed E-state index contributed by atoms with van der Waals surface area (Å²) >= 11 is 0. The third-order valence-electron chi connectivity index (χ3n) is 6.73. The van der Waals surface area contributed by atoms with Crippen molar-refractivity contribution in [2.75, 3.05) is 13.1 Å². The average Bonchev–Trinajstić information content (AvgIpc) is 2.89. The van der Waals surface area contributed by atoms with E-state index in [9.17, 15) is 14.7 Å². The molecule has 5 rings (SSSR count). The van der Waals surface area contributed by atoms with E-state index < -0.39 is 17.4 Å². The summed E-state index contributed by atoms with van der Waals surface area (Å²) < 4.78 is 1.90. The summed E-state index contributed by atoms with van der Waals surface area (Å²) in [6.45, 7) is 6.06. The topological polar surface area (TPSA) is 104 Å². The molecule has 3 aromatic carbocycles. The third-order valence-corrected chi connectivity index (χ3v) is 6.73. The summed E-state index contributed by atoms with van der Waals surface area (Å²) in [6.07, 6.45) is -0.667. The van der Waals surface area contributed by atoms with Crippen molar-refractivity contribution in [3.63, 3.8) is 0 Å². The number of aliphatic hydroxyl groups excluding tert-OH is 1. The number of rotatable bonds is 8. The monoisotopic (exact) mass is 495 g/mol. The molecule has 0 unspecified atom stereocenters. The Morgan fingerprint density at radius 2 is 1.62 bits per heavy atom. The number of nitrogens with zero attached hydrogens (tertiary/aromatic N) is 4. The lowest BCUT2D eigenvalue weighted by Crippen LogP contribution is -2.33. The molecule has 0 spiro atoms. The smallest absolute Gasteiger partial charge is 0.349 e. The van der Waals surface area contributed by atoms with Crippen LogP contribution in [0.5, 0.6) is 0 Å². The zero-order valence-corrected chi connectivity index (χ0v) is 20.9. The number of H-pyrrole nitrogens is 1. The lowest BCUT2D eigenvalue weighted by Gasteiger charge is -2.27. The molecule has 0 saturated heterocycles. The normalized spacial score (nSPS) is 12.4. The second-order valence-electron chi connectivity index (χ2n) is 9.38. The Bertz CT molecular complexity index is 1610. The van der Waals surface area contributed by atoms with Gasteiger partial charge in [-0.25, -0.2) is 9.78 Å². The lowest BCUT2D eigenvalue weighted by atomic mass is 10.1. The number of hydrogen-bond donors (Lipinski definition) is 2. The summed E-state index contributed by atoms with van der Waals surface area (Å²) in [6, 6.07) is 23.7. The maximum atomic E-state index is 12.6. The molecular formula is C29H29N5O3. The van der Waals surface area contributed by atoms with E-state index >= 15 is 0 Å². The zero-order valence-electron chi connectivity index (χ0n) is 20.9. The number of fused-ring (bicyclic) bond motifs is 2. The van der Waals surface area contributed by atoms with E-state index in [1.807, 2.05) is 79.1 Å². The Kier molecular flexibility index (Phi) is 6.94. The van der Waals surface area contributed by atoms with Gasteiger partial charge in [0.1, 0.15) is 0 Å². The van der Waals surface area contributed by atoms with Gasteiger partial charge < -0.3 is 9.67 Å². The molecule has 1 atom stereocenters. The molecule has 8 nitrogen and oxygen atoms in total. The molecule has 188 valence electrons. The number of nitrogens with one attached hydrogen (secondary N) is 1. The Morgan fingerprint density at radius 1 is 0.946 bits per heavy atom. The first-order chi connectivity index (χ1) is 17.9. The van der Waals surface area contributed by atoms with Crippen LogP contribution >= 0.6 is 0 Å². The van der Waals surface area contributed by atoms with Gasteiger partial charge in [0.2, 0.25) is 0 Å². The molecule has 8 heteroatoms. The molecule has 0 aromatic heterocycles. The van der Waals surface area contributed by atoms with Gasteiger partial charge in [-0.05, 0) is 48.2 Å². The fraction of sp³-hybridized carbons (Fsp3) is 0.241. The van der Waals surface area contributed by atoms with Crippen LogP contribution in [0.1, 0.15) is 28.4 Å². The minimum atomic E-state index is -0.697. The van der Waals surface area contributed by atoms with Gasteiger partial charge in [-0.15, -0.1) is 0 Å². The molecular weight excluding hydrogens is 466 g/mol. The van der Waals surface area contributed by atoms with E-state index in [1.165, 1.54) is 0 Å². The van der Waals surface area contributed by atoms with Gasteiger partial charge in [-0.3, -0.25) is 14.7 Å². The quantitative estimate of drug-likeness (QED) is 0.320. The number of hydrogen-bond acceptors (Lipinski definition) is 6. The van der Waals surface area contributed by atoms with Crippen LogP contribution in [0.3, 0.4) is 0 Å². The first-order valence-corrected chi connectivity index (χ1v) is 12.3. The predicted molar refractivity (Wildman–Crippen MR) is 144 cm³/mol. The molecule has 0 fully saturated rings. The van der Waals surface area contributed by atoms with Crippen LogP contribution < -0.4 is 11.2 Å². The average molecular weight is 496 g/mol. The van der Waals surface area contributed by atoms with Crippen LogP contribution in [-0.4, -0.2) is 42.6 Å². The first-order valence-electron chi connectivity index (χ1n) is 12.3. The minimum absolute atomic E-state index is 0.134. The Balaban J connectivity index is 1.53. The molecule has 0 radical (unpaired) electrons. The number of aromatic amines is 1. The van der Waals surface area contributed by atoms with Gasteiger partial charge in [0.25, 0.3) is 5.56 Å². The van der Waals surface area contributed by atoms with Gasteiger partial charge in [0.15, 0.2) is 11.5 Å². The van der Waals surface area contributed by atoms with Crippen molar-refractivity contribution in [3.05, 3.63) is 116 Å². The predicted octanol–water partition coefficient (Wildman–Crippen LogP) is 3.44. The van der Waals surface area contributed by atoms with Gasteiger partial charge in [-0.2, -0.15) is 4.98 Å². The maximum Gasteiger partial charge on any atom is 0.349 e. The Labute approximate surface area is 214 Å². The third kappa shape index (κ3) is 5.35. The highest BCUT2D eigenvalue weighted by Crippen LogP contribution is 2.24. The highest BCUT2D eigenvalue weighted by Gasteiger charge is 2.21. The fourth-order valence-corrected chi connectivity index (χ4v) is 4.62. The molecule has 2 aliphatic heterocycles. The molecule has 2 N–H and O–H groups in total. The first kappa shape index (κ1) is 24.5. The van der Waals surface area contributed by atoms with Gasteiger partial charge in [-0.1, -0.05) is 60.7 Å². The van der Waals surface area contributed by atoms with E-state index in [0.717, 1.165) is 27.8 Å². The fourth-order valence-electron chi connectivity index (χ4n) is 4.62. The maximum absolute atomic E-state index is 12.6. The molecule has 0 saturated carbocycles. The summed E-state index contributed by atoms with van der Waals surface area (Å²) in [7, 11) is 0. The van der Waals surface area contributed by atoms with Crippen molar-refractivity contribution in [2.24, 2.45) is 0 Å². The van der Waals surface area contributed by atoms with Gasteiger partial charge in [0, 0.05) is 26.2 Å². The van der Waals surface area contributed by atoms with Crippen molar-refractivity contribution >= 4 is 11.0 Å². The van der Waals surface area contributed by atoms with E-state index in [0.29, 0.717) is 31.7 Å². The molecule has 37 heavy (non-hydrogen) atoms. The second-order valence-corrected chi connectivity index (χ2v) is 9.38. The number of benzene rings is 3. The van der Waals surface area contributed by atoms with Crippen molar-refractivity contribution in [1.82, 2.24) is 24.4 Å². The van der Waals surface area contributed by atoms with Crippen LogP contribution in [0.25, 0.3) is 22.6 Å². The van der Waals surface area contributed by atoms with E-state index in [2.05, 4.69) is 32.0 Å². The summed E-state index contributed by atoms with van der Waals surface area (Å²) in [4.78, 5) is 37.8. The highest BCUT2D eigenvalue weighted by atomic mass is 16.3. The molecule has 0 aliphatic carbocycles. The van der Waals surface area contributed by atoms with Crippen LogP contribution in [0.4, 0.5) is 0 Å². The highest BCUT2D eigenvalue weighted by molar-refractivity contribution is 5.81. The van der Waals surface area contributed by atoms with Crippen LogP contribution in [0.15, 0.2) is 82.4 Å². The second kappa shape index (κ2) is 10.5. The number of aliphatic hydroxyl groups is 1. The van der Waals surface area contributed by atoms with Crippen LogP contribution in [-0.2, 0) is 13.1 Å².